The van der Waals surface area contributed by atoms with Gasteiger partial charge in [-0.05, 0) is 49.3 Å². The monoisotopic (exact) mass is 447 g/mol. The molecule has 172 valence electrons. The van der Waals surface area contributed by atoms with Crippen molar-refractivity contribution in [3.8, 4) is 5.88 Å². The molecule has 1 atom stereocenters. The van der Waals surface area contributed by atoms with Gasteiger partial charge in [0, 0.05) is 43.3 Å². The molecule has 0 aromatic carbocycles. The molecule has 0 bridgehead atoms. The molecule has 2 aromatic heterocycles. The summed E-state index contributed by atoms with van der Waals surface area (Å²) in [7, 11) is 0. The third-order valence-electron chi connectivity index (χ3n) is 5.43. The summed E-state index contributed by atoms with van der Waals surface area (Å²) >= 11 is 0. The first-order valence-electron chi connectivity index (χ1n) is 10.8. The maximum Gasteiger partial charge on any atom is 0.388 e. The number of fused-ring (bicyclic) bond motifs is 1. The first kappa shape index (κ1) is 23.6. The molecule has 2 N–H and O–H groups in total. The van der Waals surface area contributed by atoms with Crippen molar-refractivity contribution in [2.24, 2.45) is 0 Å². The van der Waals surface area contributed by atoms with E-state index in [1.54, 1.807) is 0 Å². The number of anilines is 1. The van der Waals surface area contributed by atoms with Crippen LogP contribution in [-0.4, -0.2) is 40.0 Å². The van der Waals surface area contributed by atoms with E-state index in [4.69, 9.17) is 0 Å². The second-order valence-electron chi connectivity index (χ2n) is 7.89. The molecule has 0 spiro atoms. The first-order chi connectivity index (χ1) is 15.4. The van der Waals surface area contributed by atoms with Crippen LogP contribution in [0.4, 0.5) is 14.6 Å². The minimum Gasteiger partial charge on any atom is -0.481 e. The summed E-state index contributed by atoms with van der Waals surface area (Å²) < 4.78 is 28.7. The van der Waals surface area contributed by atoms with Crippen molar-refractivity contribution in [3.05, 3.63) is 47.3 Å². The van der Waals surface area contributed by atoms with Gasteiger partial charge in [-0.15, -0.1) is 0 Å². The summed E-state index contributed by atoms with van der Waals surface area (Å²) in [4.78, 5) is 32.1. The maximum atomic E-state index is 12.5. The number of aryl methyl sites for hydroxylation is 2. The molecule has 2 aromatic rings. The Hall–Kier alpha value is -3.10. The van der Waals surface area contributed by atoms with Gasteiger partial charge in [-0.25, -0.2) is 9.97 Å². The molecule has 0 fully saturated rings. The largest absolute Gasteiger partial charge is 0.481 e. The Labute approximate surface area is 185 Å². The smallest absolute Gasteiger partial charge is 0.388 e. The van der Waals surface area contributed by atoms with Crippen molar-refractivity contribution >= 4 is 17.6 Å². The molecule has 1 aliphatic rings. The summed E-state index contributed by atoms with van der Waals surface area (Å²) in [6, 6.07) is 6.87. The van der Waals surface area contributed by atoms with E-state index in [1.807, 2.05) is 6.07 Å². The maximum absolute atomic E-state index is 12.5. The SMILES string of the molecule is O=C(O)CC(CC(=O)CCCCc1ccc2c(n1)NCCC2)c1ccc(OC(F)F)nc1. The molecule has 9 heteroatoms. The lowest BCUT2D eigenvalue weighted by Crippen LogP contribution is -2.14. The number of unbranched alkanes of at least 4 members (excludes halogenated alkanes) is 1. The number of nitrogens with one attached hydrogen (secondary N) is 1. The lowest BCUT2D eigenvalue weighted by Gasteiger charge is -2.17. The van der Waals surface area contributed by atoms with Crippen molar-refractivity contribution in [2.45, 2.75) is 63.9 Å². The van der Waals surface area contributed by atoms with Gasteiger partial charge in [-0.2, -0.15) is 8.78 Å². The van der Waals surface area contributed by atoms with Crippen LogP contribution in [0.15, 0.2) is 30.5 Å². The highest BCUT2D eigenvalue weighted by Crippen LogP contribution is 2.26. The van der Waals surface area contributed by atoms with Crippen molar-refractivity contribution in [3.63, 3.8) is 0 Å². The van der Waals surface area contributed by atoms with Crippen molar-refractivity contribution in [1.29, 1.82) is 0 Å². The number of alkyl halides is 2. The van der Waals surface area contributed by atoms with Crippen LogP contribution in [0.2, 0.25) is 0 Å². The molecule has 3 heterocycles. The number of ether oxygens (including phenoxy) is 1. The highest BCUT2D eigenvalue weighted by atomic mass is 19.3. The van der Waals surface area contributed by atoms with E-state index in [0.29, 0.717) is 18.4 Å². The number of carbonyl (C=O) groups is 2. The van der Waals surface area contributed by atoms with Gasteiger partial charge in [0.2, 0.25) is 5.88 Å². The van der Waals surface area contributed by atoms with Crippen LogP contribution in [0, 0.1) is 0 Å². The van der Waals surface area contributed by atoms with Gasteiger partial charge in [0.05, 0.1) is 6.42 Å². The Morgan fingerprint density at radius 3 is 2.72 bits per heavy atom. The predicted octanol–water partition coefficient (Wildman–Crippen LogP) is 4.37. The van der Waals surface area contributed by atoms with E-state index in [0.717, 1.165) is 43.7 Å². The number of carbonyl (C=O) groups excluding carboxylic acids is 1. The fourth-order valence-corrected chi connectivity index (χ4v) is 3.83. The second-order valence-corrected chi connectivity index (χ2v) is 7.89. The van der Waals surface area contributed by atoms with Crippen LogP contribution in [0.5, 0.6) is 5.88 Å². The number of ketones is 1. The number of pyridine rings is 2. The number of aliphatic carboxylic acids is 1. The Bertz CT molecular complexity index is 922. The Balaban J connectivity index is 1.48. The van der Waals surface area contributed by atoms with Crippen LogP contribution in [0.1, 0.15) is 61.3 Å². The molecule has 0 amide bonds. The third-order valence-corrected chi connectivity index (χ3v) is 5.43. The van der Waals surface area contributed by atoms with Crippen LogP contribution < -0.4 is 10.1 Å². The molecule has 32 heavy (non-hydrogen) atoms. The minimum absolute atomic E-state index is 0.0378. The zero-order valence-corrected chi connectivity index (χ0v) is 17.7. The molecular formula is C23H27F2N3O4. The quantitative estimate of drug-likeness (QED) is 0.466. The lowest BCUT2D eigenvalue weighted by atomic mass is 9.90. The van der Waals surface area contributed by atoms with Crippen LogP contribution in [-0.2, 0) is 22.4 Å². The highest BCUT2D eigenvalue weighted by Gasteiger charge is 2.20. The number of halogens is 2. The summed E-state index contributed by atoms with van der Waals surface area (Å²) in [5.74, 6) is -0.941. The molecule has 0 saturated heterocycles. The van der Waals surface area contributed by atoms with E-state index in [9.17, 15) is 23.5 Å². The van der Waals surface area contributed by atoms with E-state index < -0.39 is 18.5 Å². The van der Waals surface area contributed by atoms with Gasteiger partial charge in [0.1, 0.15) is 11.6 Å². The summed E-state index contributed by atoms with van der Waals surface area (Å²) in [5.41, 5.74) is 2.74. The van der Waals surface area contributed by atoms with E-state index >= 15 is 0 Å². The van der Waals surface area contributed by atoms with Crippen molar-refractivity contribution in [2.75, 3.05) is 11.9 Å². The number of hydrogen-bond donors (Lipinski definition) is 2. The Morgan fingerprint density at radius 1 is 1.16 bits per heavy atom. The normalized spacial score (nSPS) is 13.8. The van der Waals surface area contributed by atoms with Gasteiger partial charge in [0.15, 0.2) is 0 Å². The minimum atomic E-state index is -2.99. The zero-order chi connectivity index (χ0) is 22.9. The molecular weight excluding hydrogens is 420 g/mol. The summed E-state index contributed by atoms with van der Waals surface area (Å²) in [6.45, 7) is -2.05. The van der Waals surface area contributed by atoms with Crippen molar-refractivity contribution in [1.82, 2.24) is 9.97 Å². The van der Waals surface area contributed by atoms with Gasteiger partial charge in [-0.1, -0.05) is 12.1 Å². The highest BCUT2D eigenvalue weighted by molar-refractivity contribution is 5.80. The number of Topliss-reactive ketones (excluding diaryl/α,β-unsaturated/α-hetero) is 1. The number of carboxylic acids is 1. The number of rotatable bonds is 12. The molecule has 7 nitrogen and oxygen atoms in total. The molecule has 0 radical (unpaired) electrons. The first-order valence-corrected chi connectivity index (χ1v) is 10.8. The number of nitrogens with zero attached hydrogens (tertiary/aromatic N) is 2. The van der Waals surface area contributed by atoms with E-state index in [2.05, 4.69) is 26.1 Å². The fourth-order valence-electron chi connectivity index (χ4n) is 3.83. The predicted molar refractivity (Wildman–Crippen MR) is 114 cm³/mol. The Morgan fingerprint density at radius 2 is 2.00 bits per heavy atom. The fraction of sp³-hybridized carbons (Fsp3) is 0.478. The Kier molecular flexibility index (Phi) is 8.47. The second kappa shape index (κ2) is 11.5. The summed E-state index contributed by atoms with van der Waals surface area (Å²) in [6.07, 6.45) is 5.87. The van der Waals surface area contributed by atoms with Crippen molar-refractivity contribution < 1.29 is 28.2 Å². The van der Waals surface area contributed by atoms with Crippen LogP contribution in [0.25, 0.3) is 0 Å². The molecule has 1 aliphatic heterocycles. The third kappa shape index (κ3) is 7.25. The van der Waals surface area contributed by atoms with E-state index in [1.165, 1.54) is 23.9 Å². The zero-order valence-electron chi connectivity index (χ0n) is 17.7. The topological polar surface area (TPSA) is 101 Å². The molecule has 0 aliphatic carbocycles. The molecule has 3 rings (SSSR count). The lowest BCUT2D eigenvalue weighted by molar-refractivity contribution is -0.137. The van der Waals surface area contributed by atoms with Crippen LogP contribution in [0.3, 0.4) is 0 Å². The van der Waals surface area contributed by atoms with Crippen LogP contribution >= 0.6 is 0 Å². The van der Waals surface area contributed by atoms with Gasteiger partial charge in [0.25, 0.3) is 0 Å². The standard InChI is InChI=1S/C23H27F2N3O4/c24-23(25)32-20-10-8-16(14-27-20)17(13-21(30)31)12-19(29)6-2-1-5-18-9-7-15-4-3-11-26-22(15)28-18/h7-10,14,17,23H,1-6,11-13H2,(H,26,28)(H,30,31). The number of carboxylic acid groups (broad SMARTS) is 1. The van der Waals surface area contributed by atoms with E-state index in [-0.39, 0.29) is 24.5 Å². The number of aromatic nitrogens is 2. The van der Waals surface area contributed by atoms with Gasteiger partial charge < -0.3 is 15.2 Å². The summed E-state index contributed by atoms with van der Waals surface area (Å²) in [5, 5.41) is 12.5. The average molecular weight is 447 g/mol. The number of hydrogen-bond acceptors (Lipinski definition) is 6. The molecule has 0 saturated carbocycles. The van der Waals surface area contributed by atoms with Gasteiger partial charge in [-0.3, -0.25) is 9.59 Å². The van der Waals surface area contributed by atoms with Gasteiger partial charge >= 0.3 is 12.6 Å². The molecule has 1 unspecified atom stereocenters. The average Bonchev–Trinajstić information content (AvgIpc) is 2.76.